The average molecular weight is 413 g/mol. The van der Waals surface area contributed by atoms with E-state index in [0.29, 0.717) is 16.7 Å². The van der Waals surface area contributed by atoms with Crippen molar-refractivity contribution < 1.29 is 29.0 Å². The van der Waals surface area contributed by atoms with Crippen LogP contribution in [0.25, 0.3) is 0 Å². The van der Waals surface area contributed by atoms with E-state index >= 15 is 0 Å². The van der Waals surface area contributed by atoms with E-state index in [1.165, 1.54) is 31.4 Å². The lowest BCUT2D eigenvalue weighted by Gasteiger charge is -2.21. The molecular weight excluding hydrogens is 398 g/mol. The van der Waals surface area contributed by atoms with Gasteiger partial charge in [-0.15, -0.1) is 0 Å². The van der Waals surface area contributed by atoms with Crippen molar-refractivity contribution in [1.29, 1.82) is 0 Å². The highest BCUT2D eigenvalue weighted by atomic mass is 16.5. The summed E-state index contributed by atoms with van der Waals surface area (Å²) in [6.07, 6.45) is 0. The fraction of sp³-hybridized carbons (Fsp3) is 0.0833. The molecule has 3 aromatic rings. The molecule has 1 aliphatic carbocycles. The van der Waals surface area contributed by atoms with E-state index in [2.05, 4.69) is 0 Å². The molecular formula is C24H15NO6. The number of carbonyl (C=O) groups is 4. The zero-order chi connectivity index (χ0) is 21.9. The van der Waals surface area contributed by atoms with E-state index in [0.717, 1.165) is 4.90 Å². The van der Waals surface area contributed by atoms with Crippen molar-refractivity contribution in [1.82, 2.24) is 4.90 Å². The second kappa shape index (κ2) is 6.63. The number of hydrogen-bond donors (Lipinski definition) is 1. The minimum absolute atomic E-state index is 0.0436. The first-order chi connectivity index (χ1) is 14.9. The third-order valence-corrected chi connectivity index (χ3v) is 5.62. The van der Waals surface area contributed by atoms with Crippen LogP contribution in [0.5, 0.6) is 11.5 Å². The molecule has 5 rings (SSSR count). The second-order valence-electron chi connectivity index (χ2n) is 7.32. The van der Waals surface area contributed by atoms with Crippen molar-refractivity contribution in [3.05, 3.63) is 93.5 Å². The normalized spacial score (nSPS) is 14.4. The van der Waals surface area contributed by atoms with E-state index < -0.39 is 29.1 Å². The molecule has 31 heavy (non-hydrogen) atoms. The van der Waals surface area contributed by atoms with Gasteiger partial charge in [-0.05, 0) is 42.0 Å². The summed E-state index contributed by atoms with van der Waals surface area (Å²) in [5, 5.41) is 10.4. The minimum atomic E-state index is -0.523. The largest absolute Gasteiger partial charge is 0.504 e. The van der Waals surface area contributed by atoms with Gasteiger partial charge >= 0.3 is 0 Å². The van der Waals surface area contributed by atoms with Gasteiger partial charge in [0.2, 0.25) is 0 Å². The number of phenolic OH excluding ortho intramolecular Hbond substituents is 1. The van der Waals surface area contributed by atoms with Crippen LogP contribution in [-0.4, -0.2) is 40.5 Å². The van der Waals surface area contributed by atoms with Gasteiger partial charge in [0.1, 0.15) is 0 Å². The first-order valence-electron chi connectivity index (χ1n) is 9.50. The van der Waals surface area contributed by atoms with Crippen LogP contribution in [0.4, 0.5) is 0 Å². The number of nitrogens with zero attached hydrogens (tertiary/aromatic N) is 1. The van der Waals surface area contributed by atoms with E-state index in [1.54, 1.807) is 30.3 Å². The molecule has 0 saturated heterocycles. The number of rotatable bonds is 3. The van der Waals surface area contributed by atoms with E-state index in [-0.39, 0.29) is 34.5 Å². The lowest BCUT2D eigenvalue weighted by atomic mass is 9.82. The Balaban J connectivity index is 1.53. The van der Waals surface area contributed by atoms with Gasteiger partial charge in [-0.3, -0.25) is 24.1 Å². The number of hydrogen-bond acceptors (Lipinski definition) is 6. The molecule has 3 aromatic carbocycles. The highest BCUT2D eigenvalue weighted by Gasteiger charge is 2.36. The minimum Gasteiger partial charge on any atom is -0.504 e. The number of aromatic hydroxyl groups is 1. The Kier molecular flexibility index (Phi) is 4.01. The van der Waals surface area contributed by atoms with Crippen molar-refractivity contribution >= 4 is 23.4 Å². The number of benzene rings is 3. The van der Waals surface area contributed by atoms with Gasteiger partial charge in [0.05, 0.1) is 30.3 Å². The molecule has 1 heterocycles. The molecule has 1 aliphatic heterocycles. The zero-order valence-electron chi connectivity index (χ0n) is 16.3. The van der Waals surface area contributed by atoms with Gasteiger partial charge < -0.3 is 9.84 Å². The van der Waals surface area contributed by atoms with Gasteiger partial charge in [-0.25, -0.2) is 0 Å². The summed E-state index contributed by atoms with van der Waals surface area (Å²) in [6, 6.07) is 14.1. The van der Waals surface area contributed by atoms with Crippen LogP contribution >= 0.6 is 0 Å². The summed E-state index contributed by atoms with van der Waals surface area (Å²) in [5.74, 6) is -2.04. The predicted octanol–water partition coefficient (Wildman–Crippen LogP) is 2.97. The molecule has 2 aliphatic rings. The zero-order valence-corrected chi connectivity index (χ0v) is 16.3. The number of phenols is 1. The summed E-state index contributed by atoms with van der Waals surface area (Å²) >= 11 is 0. The molecule has 0 radical (unpaired) electrons. The summed E-state index contributed by atoms with van der Waals surface area (Å²) in [7, 11) is 1.35. The van der Waals surface area contributed by atoms with E-state index in [9.17, 15) is 24.3 Å². The Morgan fingerprint density at radius 3 is 2.06 bits per heavy atom. The van der Waals surface area contributed by atoms with Crippen LogP contribution in [0.2, 0.25) is 0 Å². The van der Waals surface area contributed by atoms with Crippen LogP contribution < -0.4 is 4.74 Å². The molecule has 0 aromatic heterocycles. The first kappa shape index (κ1) is 18.7. The van der Waals surface area contributed by atoms with Gasteiger partial charge in [0.15, 0.2) is 23.1 Å². The van der Waals surface area contributed by atoms with Crippen molar-refractivity contribution in [3.63, 3.8) is 0 Å². The van der Waals surface area contributed by atoms with Crippen molar-refractivity contribution in [3.8, 4) is 11.5 Å². The van der Waals surface area contributed by atoms with Gasteiger partial charge in [0, 0.05) is 16.7 Å². The Morgan fingerprint density at radius 2 is 1.42 bits per heavy atom. The number of amides is 2. The third-order valence-electron chi connectivity index (χ3n) is 5.62. The van der Waals surface area contributed by atoms with Crippen molar-refractivity contribution in [2.45, 2.75) is 6.54 Å². The molecule has 0 unspecified atom stereocenters. The number of ether oxygens (including phenoxy) is 1. The monoisotopic (exact) mass is 413 g/mol. The van der Waals surface area contributed by atoms with Crippen LogP contribution in [0.3, 0.4) is 0 Å². The van der Waals surface area contributed by atoms with Crippen molar-refractivity contribution in [2.24, 2.45) is 0 Å². The summed E-state index contributed by atoms with van der Waals surface area (Å²) in [6.45, 7) is -0.0436. The lowest BCUT2D eigenvalue weighted by molar-refractivity contribution is 0.0642. The quantitative estimate of drug-likeness (QED) is 0.518. The molecule has 0 bridgehead atoms. The first-order valence-corrected chi connectivity index (χ1v) is 9.50. The average Bonchev–Trinajstić information content (AvgIpc) is 3.02. The summed E-state index contributed by atoms with van der Waals surface area (Å²) in [5.41, 5.74) is 1.48. The third kappa shape index (κ3) is 2.60. The molecule has 152 valence electrons. The molecule has 0 atom stereocenters. The molecule has 0 spiro atoms. The number of ketones is 2. The van der Waals surface area contributed by atoms with E-state index in [4.69, 9.17) is 4.74 Å². The van der Waals surface area contributed by atoms with Crippen LogP contribution in [0.1, 0.15) is 58.1 Å². The van der Waals surface area contributed by atoms with E-state index in [1.807, 2.05) is 0 Å². The number of methoxy groups -OCH3 is 1. The Labute approximate surface area is 176 Å². The number of imide groups is 1. The van der Waals surface area contributed by atoms with Crippen LogP contribution in [0.15, 0.2) is 54.6 Å². The highest BCUT2D eigenvalue weighted by molar-refractivity contribution is 6.29. The summed E-state index contributed by atoms with van der Waals surface area (Å²) in [4.78, 5) is 52.4. The Bertz CT molecular complexity index is 1300. The molecule has 1 N–H and O–H groups in total. The number of carbonyl (C=O) groups excluding carboxylic acids is 4. The molecule has 0 fully saturated rings. The number of fused-ring (bicyclic) bond motifs is 3. The fourth-order valence-electron chi connectivity index (χ4n) is 4.08. The summed E-state index contributed by atoms with van der Waals surface area (Å²) < 4.78 is 5.05. The van der Waals surface area contributed by atoms with Crippen molar-refractivity contribution in [2.75, 3.05) is 7.11 Å². The Morgan fingerprint density at radius 1 is 0.774 bits per heavy atom. The molecule has 2 amide bonds. The molecule has 7 heteroatoms. The second-order valence-corrected chi connectivity index (χ2v) is 7.32. The lowest BCUT2D eigenvalue weighted by Crippen LogP contribution is -2.29. The maximum Gasteiger partial charge on any atom is 0.261 e. The van der Waals surface area contributed by atoms with Gasteiger partial charge in [-0.2, -0.15) is 0 Å². The highest BCUT2D eigenvalue weighted by Crippen LogP contribution is 2.38. The predicted molar refractivity (Wildman–Crippen MR) is 109 cm³/mol. The maximum absolute atomic E-state index is 13.1. The van der Waals surface area contributed by atoms with Crippen LogP contribution in [0, 0.1) is 0 Å². The smallest absolute Gasteiger partial charge is 0.261 e. The SMILES string of the molecule is COc1ccc2c(c1O)C(=O)c1cc(CN3C(=O)c4ccccc4C3=O)ccc1C2=O. The topological polar surface area (TPSA) is 101 Å². The fourth-order valence-corrected chi connectivity index (χ4v) is 4.08. The molecule has 0 saturated carbocycles. The van der Waals surface area contributed by atoms with Crippen LogP contribution in [-0.2, 0) is 6.54 Å². The standard InChI is InChI=1S/C24H15NO6/c1-31-18-9-8-16-19(22(18)28)21(27)17-10-12(6-7-13(17)20(16)26)11-25-23(29)14-4-2-3-5-15(14)24(25)30/h2-10,28H,11H2,1H3. The van der Waals surface area contributed by atoms with Gasteiger partial charge in [0.25, 0.3) is 11.8 Å². The van der Waals surface area contributed by atoms with Gasteiger partial charge in [-0.1, -0.05) is 18.2 Å². The Hall–Kier alpha value is -4.26. The maximum atomic E-state index is 13.1. The molecule has 7 nitrogen and oxygen atoms in total.